The van der Waals surface area contributed by atoms with Gasteiger partial charge in [-0.25, -0.2) is 8.42 Å². The van der Waals surface area contributed by atoms with Crippen LogP contribution in [0.2, 0.25) is 0 Å². The Morgan fingerprint density at radius 1 is 0.773 bits per heavy atom. The highest BCUT2D eigenvalue weighted by Gasteiger charge is 2.35. The second kappa shape index (κ2) is 12.3. The van der Waals surface area contributed by atoms with Gasteiger partial charge in [0.15, 0.2) is 9.84 Å². The van der Waals surface area contributed by atoms with Gasteiger partial charge in [0.1, 0.15) is 17.2 Å². The minimum absolute atomic E-state index is 0.00409. The van der Waals surface area contributed by atoms with Crippen LogP contribution in [0.3, 0.4) is 0 Å². The van der Waals surface area contributed by atoms with Gasteiger partial charge in [0.2, 0.25) is 6.79 Å². The highest BCUT2D eigenvalue weighted by molar-refractivity contribution is 7.91. The van der Waals surface area contributed by atoms with Crippen molar-refractivity contribution >= 4 is 21.5 Å². The molecule has 0 bridgehead atoms. The first kappa shape index (κ1) is 33.2. The molecule has 9 heteroatoms. The first-order valence-electron chi connectivity index (χ1n) is 14.9. The second-order valence-corrected chi connectivity index (χ2v) is 16.2. The maximum atomic E-state index is 13.3. The van der Waals surface area contributed by atoms with Crippen LogP contribution in [0.5, 0.6) is 17.2 Å². The van der Waals surface area contributed by atoms with E-state index in [0.717, 1.165) is 27.9 Å². The smallest absolute Gasteiger partial charge is 0.309 e. The van der Waals surface area contributed by atoms with E-state index in [1.54, 1.807) is 24.3 Å². The van der Waals surface area contributed by atoms with Crippen molar-refractivity contribution in [2.24, 2.45) is 0 Å². The summed E-state index contributed by atoms with van der Waals surface area (Å²) in [4.78, 5) is 15.4. The molecule has 0 spiro atoms. The standard InChI is InChI=1S/C35H45NO7S/c1-33(2,3)28-20-24(8-14-30(28)37)35(7,25-9-15-31(38)29(21-25)34(4,5)6)22-32(39)43-23-42-27-12-10-26(11-13-27)36-16-18-44(40,41)19-17-36/h8-15,20-21,37-38H,16-19,22-23H2,1-7H3. The van der Waals surface area contributed by atoms with E-state index in [2.05, 4.69) is 0 Å². The van der Waals surface area contributed by atoms with E-state index >= 15 is 0 Å². The molecule has 0 aliphatic carbocycles. The third-order valence-electron chi connectivity index (χ3n) is 8.37. The molecule has 1 heterocycles. The van der Waals surface area contributed by atoms with Crippen LogP contribution < -0.4 is 9.64 Å². The summed E-state index contributed by atoms with van der Waals surface area (Å²) < 4.78 is 34.7. The predicted octanol–water partition coefficient (Wildman–Crippen LogP) is 6.20. The van der Waals surface area contributed by atoms with Crippen LogP contribution in [0.4, 0.5) is 5.69 Å². The van der Waals surface area contributed by atoms with E-state index < -0.39 is 21.2 Å². The Labute approximate surface area is 261 Å². The number of hydrogen-bond acceptors (Lipinski definition) is 8. The molecule has 0 saturated carbocycles. The second-order valence-electron chi connectivity index (χ2n) is 13.9. The Kier molecular flexibility index (Phi) is 9.31. The van der Waals surface area contributed by atoms with Crippen molar-refractivity contribution in [1.82, 2.24) is 0 Å². The van der Waals surface area contributed by atoms with Crippen LogP contribution in [0.1, 0.15) is 77.1 Å². The highest BCUT2D eigenvalue weighted by atomic mass is 32.2. The molecule has 44 heavy (non-hydrogen) atoms. The Morgan fingerprint density at radius 3 is 1.70 bits per heavy atom. The van der Waals surface area contributed by atoms with Gasteiger partial charge < -0.3 is 24.6 Å². The lowest BCUT2D eigenvalue weighted by Crippen LogP contribution is -2.40. The summed E-state index contributed by atoms with van der Waals surface area (Å²) in [5, 5.41) is 21.3. The number of phenolic OH excluding ortho intramolecular Hbond substituents is 2. The Hall–Kier alpha value is -3.72. The number of aromatic hydroxyl groups is 2. The first-order chi connectivity index (χ1) is 20.4. The summed E-state index contributed by atoms with van der Waals surface area (Å²) in [6, 6.07) is 18.2. The van der Waals surface area contributed by atoms with Crippen molar-refractivity contribution in [3.63, 3.8) is 0 Å². The van der Waals surface area contributed by atoms with Crippen molar-refractivity contribution in [3.8, 4) is 17.2 Å². The molecule has 8 nitrogen and oxygen atoms in total. The number of carbonyl (C=O) groups excluding carboxylic acids is 1. The number of rotatable bonds is 8. The van der Waals surface area contributed by atoms with Gasteiger partial charge in [-0.05, 0) is 69.5 Å². The van der Waals surface area contributed by atoms with Crippen molar-refractivity contribution in [2.45, 2.75) is 71.1 Å². The molecule has 1 aliphatic heterocycles. The zero-order valence-corrected chi connectivity index (χ0v) is 27.6. The number of ether oxygens (including phenoxy) is 2. The van der Waals surface area contributed by atoms with E-state index in [9.17, 15) is 23.4 Å². The van der Waals surface area contributed by atoms with Crippen LogP contribution >= 0.6 is 0 Å². The van der Waals surface area contributed by atoms with Crippen molar-refractivity contribution in [1.29, 1.82) is 0 Å². The van der Waals surface area contributed by atoms with E-state index in [0.29, 0.717) is 18.8 Å². The van der Waals surface area contributed by atoms with Crippen molar-refractivity contribution in [2.75, 3.05) is 36.3 Å². The van der Waals surface area contributed by atoms with Gasteiger partial charge in [0.05, 0.1) is 17.9 Å². The van der Waals surface area contributed by atoms with Gasteiger partial charge in [0.25, 0.3) is 0 Å². The zero-order valence-electron chi connectivity index (χ0n) is 26.8. The maximum absolute atomic E-state index is 13.3. The SMILES string of the molecule is CC(C)(C)c1cc(C(C)(CC(=O)OCOc2ccc(N3CCS(=O)(=O)CC3)cc2)c2ccc(O)c(C(C)(C)C)c2)ccc1O. The number of sulfone groups is 1. The van der Waals surface area contributed by atoms with Crippen molar-refractivity contribution < 1.29 is 32.9 Å². The fourth-order valence-corrected chi connectivity index (χ4v) is 6.76. The van der Waals surface area contributed by atoms with Gasteiger partial charge in [0, 0.05) is 24.2 Å². The molecule has 4 rings (SSSR count). The molecule has 0 radical (unpaired) electrons. The minimum atomic E-state index is -2.96. The summed E-state index contributed by atoms with van der Waals surface area (Å²) in [5.41, 5.74) is 2.61. The van der Waals surface area contributed by atoms with E-state index in [-0.39, 0.29) is 47.0 Å². The summed E-state index contributed by atoms with van der Waals surface area (Å²) in [5.74, 6) is 0.728. The first-order valence-corrected chi connectivity index (χ1v) is 16.7. The lowest BCUT2D eigenvalue weighted by molar-refractivity contribution is -0.151. The van der Waals surface area contributed by atoms with E-state index in [1.165, 1.54) is 0 Å². The topological polar surface area (TPSA) is 113 Å². The van der Waals surface area contributed by atoms with Gasteiger partial charge in [-0.2, -0.15) is 0 Å². The number of benzene rings is 3. The summed E-state index contributed by atoms with van der Waals surface area (Å²) in [6.07, 6.45) is -0.00409. The Morgan fingerprint density at radius 2 is 1.25 bits per heavy atom. The highest BCUT2D eigenvalue weighted by Crippen LogP contribution is 2.43. The number of anilines is 1. The number of hydrogen-bond donors (Lipinski definition) is 2. The lowest BCUT2D eigenvalue weighted by atomic mass is 9.70. The van der Waals surface area contributed by atoms with Gasteiger partial charge >= 0.3 is 5.97 Å². The van der Waals surface area contributed by atoms with Crippen LogP contribution in [-0.2, 0) is 35.6 Å². The molecule has 0 aromatic heterocycles. The molecule has 0 unspecified atom stereocenters. The monoisotopic (exact) mass is 623 g/mol. The number of nitrogens with zero attached hydrogens (tertiary/aromatic N) is 1. The lowest BCUT2D eigenvalue weighted by Gasteiger charge is -2.33. The number of phenols is 2. The molecular weight excluding hydrogens is 578 g/mol. The van der Waals surface area contributed by atoms with Crippen molar-refractivity contribution in [3.05, 3.63) is 82.9 Å². The quantitative estimate of drug-likeness (QED) is 0.225. The van der Waals surface area contributed by atoms with Gasteiger partial charge in [-0.1, -0.05) is 72.7 Å². The maximum Gasteiger partial charge on any atom is 0.309 e. The molecule has 3 aromatic rings. The molecule has 0 amide bonds. The largest absolute Gasteiger partial charge is 0.508 e. The van der Waals surface area contributed by atoms with E-state index in [4.69, 9.17) is 9.47 Å². The molecule has 1 saturated heterocycles. The molecule has 0 atom stereocenters. The van der Waals surface area contributed by atoms with Crippen LogP contribution in [-0.4, -0.2) is 56.0 Å². The van der Waals surface area contributed by atoms with Gasteiger partial charge in [-0.3, -0.25) is 4.79 Å². The fourth-order valence-electron chi connectivity index (χ4n) is 5.56. The Bertz CT molecular complexity index is 1520. The normalized spacial score (nSPS) is 15.6. The average molecular weight is 624 g/mol. The third-order valence-corrected chi connectivity index (χ3v) is 9.98. The summed E-state index contributed by atoms with van der Waals surface area (Å²) >= 11 is 0. The summed E-state index contributed by atoms with van der Waals surface area (Å²) in [7, 11) is -2.96. The minimum Gasteiger partial charge on any atom is -0.508 e. The number of esters is 1. The molecular formula is C35H45NO7S. The van der Waals surface area contributed by atoms with Crippen LogP contribution in [0.25, 0.3) is 0 Å². The van der Waals surface area contributed by atoms with Crippen LogP contribution in [0.15, 0.2) is 60.7 Å². The zero-order chi connectivity index (χ0) is 32.5. The molecule has 1 fully saturated rings. The Balaban J connectivity index is 1.53. The summed E-state index contributed by atoms with van der Waals surface area (Å²) in [6.45, 7) is 14.7. The predicted molar refractivity (Wildman–Crippen MR) is 174 cm³/mol. The number of carbonyl (C=O) groups is 1. The van der Waals surface area contributed by atoms with E-state index in [1.807, 2.05) is 89.8 Å². The molecule has 238 valence electrons. The fraction of sp³-hybridized carbons (Fsp3) is 0.457. The van der Waals surface area contributed by atoms with Gasteiger partial charge in [-0.15, -0.1) is 0 Å². The average Bonchev–Trinajstić information content (AvgIpc) is 2.92. The molecule has 3 aromatic carbocycles. The van der Waals surface area contributed by atoms with Crippen LogP contribution in [0, 0.1) is 0 Å². The third kappa shape index (κ3) is 7.67. The molecule has 2 N–H and O–H groups in total. The molecule has 1 aliphatic rings.